The number of nitrogens with two attached hydrogens (primary N) is 1. The van der Waals surface area contributed by atoms with Crippen molar-refractivity contribution >= 4 is 47.5 Å². The molecule has 1 rings (SSSR count). The van der Waals surface area contributed by atoms with Crippen molar-refractivity contribution in [2.24, 2.45) is 0 Å². The molecule has 0 fully saturated rings. The molecule has 0 aliphatic heterocycles. The molecule has 0 bridgehead atoms. The number of aliphatic carboxylic acids is 2. The van der Waals surface area contributed by atoms with Gasteiger partial charge in [-0.1, -0.05) is 6.07 Å². The van der Waals surface area contributed by atoms with Crippen molar-refractivity contribution in [3.63, 3.8) is 0 Å². The second kappa shape index (κ2) is 116. The van der Waals surface area contributed by atoms with Gasteiger partial charge >= 0.3 is 11.9 Å². The Kier molecular flexibility index (Phi) is 109. The number of carboxylic acid groups (broad SMARTS) is 2. The largest absolute Gasteiger partial charge is 0.481 e. The first-order chi connectivity index (χ1) is 71.0. The van der Waals surface area contributed by atoms with Crippen LogP contribution in [0.3, 0.4) is 0 Å². The van der Waals surface area contributed by atoms with Crippen molar-refractivity contribution < 1.29 is 214 Å². The Hall–Kier alpha value is -5.93. The Bertz CT molecular complexity index is 2870. The minimum atomic E-state index is -1.26. The van der Waals surface area contributed by atoms with Crippen LogP contribution in [0.5, 0.6) is 0 Å². The summed E-state index contributed by atoms with van der Waals surface area (Å²) in [4.78, 5) is 82.2. The van der Waals surface area contributed by atoms with Crippen LogP contribution in [0.15, 0.2) is 24.3 Å². The van der Waals surface area contributed by atoms with Gasteiger partial charge in [-0.25, -0.2) is 0 Å². The molecule has 0 saturated heterocycles. The lowest BCUT2D eigenvalue weighted by molar-refractivity contribution is -0.138. The summed E-state index contributed by atoms with van der Waals surface area (Å²) in [6, 6.07) is 4.48. The fourth-order valence-electron chi connectivity index (χ4n) is 10.8. The summed E-state index contributed by atoms with van der Waals surface area (Å²) in [6.07, 6.45) is -0.940. The van der Waals surface area contributed by atoms with Crippen LogP contribution >= 0.6 is 0 Å². The molecular weight excluding hydrogens is 1920 g/mol. The molecule has 8 N–H and O–H groups in total. The first kappa shape index (κ1) is 136. The lowest BCUT2D eigenvalue weighted by Crippen LogP contribution is -2.50. The Morgan fingerprint density at radius 3 is 0.632 bits per heavy atom. The number of rotatable bonds is 124. The van der Waals surface area contributed by atoms with Gasteiger partial charge < -0.3 is 213 Å². The molecule has 0 aliphatic carbocycles. The molecule has 50 heteroatoms. The molecule has 0 radical (unpaired) electrons. The molecular formula is C94H173N5O45. The maximum absolute atomic E-state index is 12.6. The van der Waals surface area contributed by atoms with Gasteiger partial charge in [-0.15, -0.1) is 0 Å². The Morgan fingerprint density at radius 1 is 0.243 bits per heavy atom. The molecule has 1 aromatic carbocycles. The normalized spacial score (nSPS) is 12.0. The van der Waals surface area contributed by atoms with Gasteiger partial charge in [0.15, 0.2) is 0 Å². The third kappa shape index (κ3) is 109. The average molecular weight is 2090 g/mol. The molecule has 0 heterocycles. The molecule has 0 saturated carbocycles. The second-order valence-electron chi connectivity index (χ2n) is 29.7. The average Bonchev–Trinajstić information content (AvgIpc) is 0.885. The molecule has 1 aromatic rings. The highest BCUT2D eigenvalue weighted by molar-refractivity contribution is 5.95. The Labute approximate surface area is 848 Å². The fraction of sp³-hybridized carbons (Fsp3) is 0.862. The van der Waals surface area contributed by atoms with E-state index >= 15 is 0 Å². The predicted molar refractivity (Wildman–Crippen MR) is 514 cm³/mol. The number of nitrogens with one attached hydrogen (secondary N) is 4. The molecule has 2 atom stereocenters. The first-order valence-corrected chi connectivity index (χ1v) is 49.7. The zero-order chi connectivity index (χ0) is 103. The van der Waals surface area contributed by atoms with Gasteiger partial charge in [0.1, 0.15) is 12.3 Å². The van der Waals surface area contributed by atoms with E-state index in [-0.39, 0.29) is 51.4 Å². The van der Waals surface area contributed by atoms with Crippen LogP contribution in [-0.4, -0.2) is 553 Å². The Balaban J connectivity index is 1.63. The van der Waals surface area contributed by atoms with Crippen molar-refractivity contribution in [1.29, 1.82) is 0 Å². The maximum Gasteiger partial charge on any atom is 0.303 e. The number of nitrogen functional groups attached to an aromatic ring is 1. The lowest BCUT2D eigenvalue weighted by atomic mass is 10.1. The number of benzene rings is 1. The molecule has 0 aliphatic rings. The summed E-state index contributed by atoms with van der Waals surface area (Å²) in [5.74, 6) is -4.71. The third-order valence-electron chi connectivity index (χ3n) is 18.1. The third-order valence-corrected chi connectivity index (χ3v) is 18.1. The molecule has 144 heavy (non-hydrogen) atoms. The first-order valence-electron chi connectivity index (χ1n) is 49.7. The number of ether oxygens (including phenoxy) is 36. The van der Waals surface area contributed by atoms with Gasteiger partial charge in [-0.2, -0.15) is 0 Å². The minimum absolute atomic E-state index is 0.00406. The zero-order valence-electron chi connectivity index (χ0n) is 84.9. The van der Waals surface area contributed by atoms with Crippen LogP contribution in [-0.2, 0) is 199 Å². The van der Waals surface area contributed by atoms with Crippen molar-refractivity contribution in [3.05, 3.63) is 29.8 Å². The molecule has 0 unspecified atom stereocenters. The predicted octanol–water partition coefficient (Wildman–Crippen LogP) is -0.999. The topological polar surface area (TPSA) is 566 Å². The number of hydrogen-bond acceptors (Lipinski definition) is 44. The van der Waals surface area contributed by atoms with E-state index in [9.17, 15) is 33.6 Å². The fourth-order valence-corrected chi connectivity index (χ4v) is 10.8. The van der Waals surface area contributed by atoms with E-state index in [1.807, 2.05) is 0 Å². The molecule has 0 aromatic heterocycles. The van der Waals surface area contributed by atoms with Crippen LogP contribution in [0.4, 0.5) is 5.69 Å². The van der Waals surface area contributed by atoms with E-state index < -0.39 is 54.7 Å². The highest BCUT2D eigenvalue weighted by Gasteiger charge is 2.24. The van der Waals surface area contributed by atoms with Crippen molar-refractivity contribution in [2.75, 3.05) is 495 Å². The monoisotopic (exact) mass is 2090 g/mol. The second-order valence-corrected chi connectivity index (χ2v) is 29.7. The van der Waals surface area contributed by atoms with Gasteiger partial charge in [0.05, 0.1) is 488 Å². The van der Waals surface area contributed by atoms with Gasteiger partial charge in [-0.3, -0.25) is 28.8 Å². The standard InChI is InChI=1S/C94H173N5O45/c95-86-3-1-2-85(82-86)93(107)96-9-11-110-13-15-112-17-19-114-21-23-116-25-27-118-29-31-120-33-35-122-37-39-124-41-43-126-45-47-128-49-51-130-53-55-132-57-59-134-61-63-136-65-67-138-69-71-140-73-75-142-77-79-144-81-80-143-78-76-141-74-72-139-70-68-137-66-64-135-62-60-133-58-56-131-54-52-129-50-48-127-46-44-125-42-40-123-38-36-121-34-32-119-30-28-117-26-24-115-22-20-113-18-16-111-14-12-109-10-8-89(101)99-88(5-7-92(105)106)94(108)97-83-90(102)98-87(84-100)4-6-91(103)104/h1-3,82,84,87-88H,4-81,83,95H2,(H,96,107)(H,97,108)(H,98,102)(H,99,101)(H,103,104)(H,105,106)/t87-,88-/m0/s1. The number of carbonyl (C=O) groups excluding carboxylic acids is 5. The number of hydrogen-bond donors (Lipinski definition) is 7. The number of carbonyl (C=O) groups is 7. The zero-order valence-corrected chi connectivity index (χ0v) is 84.9. The minimum Gasteiger partial charge on any atom is -0.481 e. The van der Waals surface area contributed by atoms with Crippen LogP contribution in [0, 0.1) is 0 Å². The van der Waals surface area contributed by atoms with E-state index in [4.69, 9.17) is 186 Å². The van der Waals surface area contributed by atoms with Gasteiger partial charge in [-0.05, 0) is 31.0 Å². The molecule has 0 spiro atoms. The number of anilines is 1. The van der Waals surface area contributed by atoms with E-state index in [0.717, 1.165) is 0 Å². The van der Waals surface area contributed by atoms with E-state index in [1.165, 1.54) is 0 Å². The molecule has 50 nitrogen and oxygen atoms in total. The van der Waals surface area contributed by atoms with Gasteiger partial charge in [0.25, 0.3) is 5.91 Å². The van der Waals surface area contributed by atoms with Crippen LogP contribution in [0.1, 0.15) is 42.5 Å². The van der Waals surface area contributed by atoms with E-state index in [0.29, 0.717) is 480 Å². The summed E-state index contributed by atoms with van der Waals surface area (Å²) in [5, 5.41) is 27.6. The molecule has 844 valence electrons. The SMILES string of the molecule is Nc1cccc(C(=O)NCCOCCOCCOCCOCCOCCOCCOCCOCCOCCOCCOCCOCCOCCOCCOCCOCCOCCOCCOCCOCCOCCOCCOCCOCCOCCOCCOCCOCCOCCOCCOCCOCCOCCOCCOCCOCCC(=O)N[C@@H](CCC(=O)O)C(=O)NCC(=O)N[C@H](C=O)CCC(=O)O)c1. The summed E-state index contributed by atoms with van der Waals surface area (Å²) in [5.41, 5.74) is 6.77. The Morgan fingerprint density at radius 2 is 0.438 bits per heavy atom. The highest BCUT2D eigenvalue weighted by Crippen LogP contribution is 2.07. The highest BCUT2D eigenvalue weighted by atomic mass is 16.6. The maximum atomic E-state index is 12.6. The van der Waals surface area contributed by atoms with Crippen molar-refractivity contribution in [1.82, 2.24) is 21.3 Å². The van der Waals surface area contributed by atoms with Crippen LogP contribution in [0.25, 0.3) is 0 Å². The van der Waals surface area contributed by atoms with E-state index in [2.05, 4.69) is 21.3 Å². The summed E-state index contributed by atoms with van der Waals surface area (Å²) in [6.45, 7) is 31.2. The molecule has 4 amide bonds. The number of carboxylic acids is 2. The summed E-state index contributed by atoms with van der Waals surface area (Å²) in [7, 11) is 0. The smallest absolute Gasteiger partial charge is 0.303 e. The van der Waals surface area contributed by atoms with Crippen molar-refractivity contribution in [3.8, 4) is 0 Å². The summed E-state index contributed by atoms with van der Waals surface area (Å²) < 4.78 is 199. The summed E-state index contributed by atoms with van der Waals surface area (Å²) >= 11 is 0. The van der Waals surface area contributed by atoms with Crippen LogP contribution < -0.4 is 27.0 Å². The van der Waals surface area contributed by atoms with Gasteiger partial charge in [0, 0.05) is 37.1 Å². The van der Waals surface area contributed by atoms with Gasteiger partial charge in [0.2, 0.25) is 17.7 Å². The lowest BCUT2D eigenvalue weighted by Gasteiger charge is -2.18. The van der Waals surface area contributed by atoms with Crippen molar-refractivity contribution in [2.45, 2.75) is 44.2 Å². The number of aldehydes is 1. The van der Waals surface area contributed by atoms with E-state index in [1.54, 1.807) is 24.3 Å². The number of amides is 4. The quantitative estimate of drug-likeness (QED) is 0.0234. The van der Waals surface area contributed by atoms with Crippen LogP contribution in [0.2, 0.25) is 0 Å².